The van der Waals surface area contributed by atoms with Crippen LogP contribution < -0.4 is 10.6 Å². The second-order valence-corrected chi connectivity index (χ2v) is 6.60. The highest BCUT2D eigenvalue weighted by Crippen LogP contribution is 2.37. The quantitative estimate of drug-likeness (QED) is 0.503. The maximum atomic E-state index is 12.7. The number of para-hydroxylation sites is 2. The van der Waals surface area contributed by atoms with Crippen molar-refractivity contribution in [2.24, 2.45) is 0 Å². The molecule has 7 heteroatoms. The minimum absolute atomic E-state index is 0.155. The topological polar surface area (TPSA) is 58.2 Å². The van der Waals surface area contributed by atoms with Gasteiger partial charge in [0.1, 0.15) is 6.54 Å². The van der Waals surface area contributed by atoms with Gasteiger partial charge in [-0.25, -0.2) is 0 Å². The molecule has 1 aliphatic carbocycles. The van der Waals surface area contributed by atoms with Crippen LogP contribution in [0.2, 0.25) is 0 Å². The number of anilines is 2. The predicted molar refractivity (Wildman–Crippen MR) is 104 cm³/mol. The number of hydrogen-bond donors (Lipinski definition) is 2. The summed E-state index contributed by atoms with van der Waals surface area (Å²) in [4.78, 5) is 25.3. The van der Waals surface area contributed by atoms with E-state index in [9.17, 15) is 22.8 Å². The van der Waals surface area contributed by atoms with Crippen molar-refractivity contribution in [2.45, 2.75) is 6.18 Å². The van der Waals surface area contributed by atoms with Crippen LogP contribution in [-0.4, -0.2) is 24.4 Å². The monoisotopic (exact) mass is 396 g/mol. The van der Waals surface area contributed by atoms with Crippen molar-refractivity contribution in [1.82, 2.24) is 0 Å². The van der Waals surface area contributed by atoms with Crippen molar-refractivity contribution in [3.8, 4) is 11.1 Å². The van der Waals surface area contributed by atoms with E-state index in [-0.39, 0.29) is 22.7 Å². The Labute approximate surface area is 164 Å². The predicted octanol–water partition coefficient (Wildman–Crippen LogP) is 5.12. The van der Waals surface area contributed by atoms with E-state index in [0.29, 0.717) is 11.1 Å². The largest absolute Gasteiger partial charge is 0.405 e. The number of benzene rings is 3. The number of rotatable bonds is 4. The van der Waals surface area contributed by atoms with Crippen molar-refractivity contribution >= 4 is 23.1 Å². The zero-order chi connectivity index (χ0) is 20.6. The third kappa shape index (κ3) is 3.71. The fraction of sp³-hybridized carbons (Fsp3) is 0.0909. The molecule has 0 fully saturated rings. The number of carbonyl (C=O) groups is 2. The highest BCUT2D eigenvalue weighted by Gasteiger charge is 2.28. The van der Waals surface area contributed by atoms with Gasteiger partial charge in [0.15, 0.2) is 5.78 Å². The molecule has 0 unspecified atom stereocenters. The lowest BCUT2D eigenvalue weighted by atomic mass is 10.0. The molecule has 0 bridgehead atoms. The van der Waals surface area contributed by atoms with Gasteiger partial charge >= 0.3 is 6.18 Å². The summed E-state index contributed by atoms with van der Waals surface area (Å²) in [6.07, 6.45) is -4.38. The van der Waals surface area contributed by atoms with Gasteiger partial charge in [-0.2, -0.15) is 13.2 Å². The van der Waals surface area contributed by atoms with Crippen LogP contribution in [0.3, 0.4) is 0 Å². The van der Waals surface area contributed by atoms with E-state index in [4.69, 9.17) is 0 Å². The Hall–Kier alpha value is -3.61. The Bertz CT molecular complexity index is 1120. The van der Waals surface area contributed by atoms with Gasteiger partial charge in [0.25, 0.3) is 5.91 Å². The van der Waals surface area contributed by atoms with E-state index < -0.39 is 18.6 Å². The molecule has 0 radical (unpaired) electrons. The third-order valence-electron chi connectivity index (χ3n) is 4.64. The average molecular weight is 396 g/mol. The molecular formula is C22H15F3N2O2. The Kier molecular flexibility index (Phi) is 4.58. The summed E-state index contributed by atoms with van der Waals surface area (Å²) in [7, 11) is 0. The number of ketones is 1. The number of halogens is 3. The zero-order valence-corrected chi connectivity index (χ0v) is 15.0. The van der Waals surface area contributed by atoms with E-state index >= 15 is 0 Å². The first-order valence-corrected chi connectivity index (χ1v) is 8.83. The maximum absolute atomic E-state index is 12.7. The van der Waals surface area contributed by atoms with E-state index in [0.717, 1.165) is 11.1 Å². The van der Waals surface area contributed by atoms with Crippen molar-refractivity contribution in [3.05, 3.63) is 83.4 Å². The highest BCUT2D eigenvalue weighted by atomic mass is 19.4. The number of nitrogens with one attached hydrogen (secondary N) is 2. The molecule has 0 aliphatic heterocycles. The molecule has 3 aromatic rings. The molecular weight excluding hydrogens is 381 g/mol. The minimum Gasteiger partial charge on any atom is -0.375 e. The molecule has 0 heterocycles. The van der Waals surface area contributed by atoms with E-state index in [1.807, 2.05) is 12.1 Å². The fourth-order valence-corrected chi connectivity index (χ4v) is 3.31. The molecule has 4 nitrogen and oxygen atoms in total. The molecule has 2 N–H and O–H groups in total. The Morgan fingerprint density at radius 3 is 2.14 bits per heavy atom. The molecule has 29 heavy (non-hydrogen) atoms. The number of alkyl halides is 3. The minimum atomic E-state index is -4.38. The van der Waals surface area contributed by atoms with Gasteiger partial charge in [-0.05, 0) is 35.4 Å². The van der Waals surface area contributed by atoms with Crippen LogP contribution in [0.5, 0.6) is 0 Å². The lowest BCUT2D eigenvalue weighted by Crippen LogP contribution is -2.22. The highest BCUT2D eigenvalue weighted by molar-refractivity contribution is 6.22. The van der Waals surface area contributed by atoms with Crippen LogP contribution in [0.25, 0.3) is 11.1 Å². The second kappa shape index (κ2) is 7.09. The van der Waals surface area contributed by atoms with Gasteiger partial charge in [-0.3, -0.25) is 9.59 Å². The molecule has 0 spiro atoms. The second-order valence-electron chi connectivity index (χ2n) is 6.60. The number of carbonyl (C=O) groups excluding carboxylic acids is 2. The molecule has 0 saturated heterocycles. The van der Waals surface area contributed by atoms with Crippen LogP contribution in [0.1, 0.15) is 26.3 Å². The van der Waals surface area contributed by atoms with Crippen LogP contribution in [0, 0.1) is 0 Å². The van der Waals surface area contributed by atoms with E-state index in [2.05, 4.69) is 10.6 Å². The first kappa shape index (κ1) is 18.7. The molecule has 3 aromatic carbocycles. The summed E-state index contributed by atoms with van der Waals surface area (Å²) >= 11 is 0. The van der Waals surface area contributed by atoms with Crippen LogP contribution >= 0.6 is 0 Å². The van der Waals surface area contributed by atoms with Crippen LogP contribution in [-0.2, 0) is 0 Å². The average Bonchev–Trinajstić information content (AvgIpc) is 2.99. The fourth-order valence-electron chi connectivity index (χ4n) is 3.31. The molecule has 0 aromatic heterocycles. The standard InChI is InChI=1S/C22H15F3N2O2/c23-22(24,25)12-26-18-7-3-4-8-19(18)27-21(29)13-9-10-15-14-5-1-2-6-16(14)20(28)17(15)11-13/h1-11,26H,12H2,(H,27,29). The van der Waals surface area contributed by atoms with E-state index in [1.54, 1.807) is 36.4 Å². The molecule has 0 saturated carbocycles. The van der Waals surface area contributed by atoms with Gasteiger partial charge in [0.05, 0.1) is 11.4 Å². The van der Waals surface area contributed by atoms with Gasteiger partial charge in [-0.15, -0.1) is 0 Å². The van der Waals surface area contributed by atoms with Crippen molar-refractivity contribution < 1.29 is 22.8 Å². The molecule has 1 amide bonds. The summed E-state index contributed by atoms with van der Waals surface area (Å²) < 4.78 is 37.5. The molecule has 1 aliphatic rings. The lowest BCUT2D eigenvalue weighted by molar-refractivity contribution is -0.115. The van der Waals surface area contributed by atoms with Crippen LogP contribution in [0.4, 0.5) is 24.5 Å². The number of hydrogen-bond acceptors (Lipinski definition) is 3. The maximum Gasteiger partial charge on any atom is 0.405 e. The molecule has 4 rings (SSSR count). The van der Waals surface area contributed by atoms with Crippen molar-refractivity contribution in [1.29, 1.82) is 0 Å². The summed E-state index contributed by atoms with van der Waals surface area (Å²) in [6.45, 7) is -1.22. The summed E-state index contributed by atoms with van der Waals surface area (Å²) in [6, 6.07) is 18.1. The van der Waals surface area contributed by atoms with Crippen molar-refractivity contribution in [2.75, 3.05) is 17.2 Å². The lowest BCUT2D eigenvalue weighted by Gasteiger charge is -2.14. The van der Waals surface area contributed by atoms with Crippen molar-refractivity contribution in [3.63, 3.8) is 0 Å². The zero-order valence-electron chi connectivity index (χ0n) is 15.0. The number of amides is 1. The SMILES string of the molecule is O=C(Nc1ccccc1NCC(F)(F)F)c1ccc2c(c1)C(=O)c1ccccc1-2. The molecule has 0 atom stereocenters. The van der Waals surface area contributed by atoms with E-state index in [1.165, 1.54) is 18.2 Å². The van der Waals surface area contributed by atoms with Gasteiger partial charge in [0, 0.05) is 16.7 Å². The summed E-state index contributed by atoms with van der Waals surface area (Å²) in [5.74, 6) is -0.671. The van der Waals surface area contributed by atoms with Gasteiger partial charge in [0.2, 0.25) is 0 Å². The Balaban J connectivity index is 1.58. The molecule has 146 valence electrons. The van der Waals surface area contributed by atoms with Gasteiger partial charge < -0.3 is 10.6 Å². The Morgan fingerprint density at radius 2 is 1.41 bits per heavy atom. The smallest absolute Gasteiger partial charge is 0.375 e. The summed E-state index contributed by atoms with van der Waals surface area (Å²) in [5, 5.41) is 4.89. The van der Waals surface area contributed by atoms with Gasteiger partial charge in [-0.1, -0.05) is 42.5 Å². The summed E-state index contributed by atoms with van der Waals surface area (Å²) in [5.41, 5.74) is 3.22. The normalized spacial score (nSPS) is 12.3. The third-order valence-corrected chi connectivity index (χ3v) is 4.64. The number of fused-ring (bicyclic) bond motifs is 3. The van der Waals surface area contributed by atoms with Crippen LogP contribution in [0.15, 0.2) is 66.7 Å². The Morgan fingerprint density at radius 1 is 0.793 bits per heavy atom. The first-order valence-electron chi connectivity index (χ1n) is 8.83. The first-order chi connectivity index (χ1) is 13.8.